The maximum absolute atomic E-state index is 12.5. The summed E-state index contributed by atoms with van der Waals surface area (Å²) in [6.07, 6.45) is 0.793. The average Bonchev–Trinajstić information content (AvgIpc) is 2.47. The third-order valence-corrected chi connectivity index (χ3v) is 3.78. The van der Waals surface area contributed by atoms with Gasteiger partial charge in [-0.2, -0.15) is 0 Å². The van der Waals surface area contributed by atoms with Gasteiger partial charge in [0.15, 0.2) is 0 Å². The third kappa shape index (κ3) is 4.90. The van der Waals surface area contributed by atoms with Crippen LogP contribution in [0.2, 0.25) is 10.0 Å². The zero-order valence-electron chi connectivity index (χ0n) is 12.4. The van der Waals surface area contributed by atoms with E-state index in [0.29, 0.717) is 28.7 Å². The maximum Gasteiger partial charge on any atom is 0.310 e. The molecule has 21 heavy (non-hydrogen) atoms. The highest BCUT2D eigenvalue weighted by Gasteiger charge is 2.22. The fraction of sp³-hybridized carbons (Fsp3) is 0.467. The largest absolute Gasteiger partial charge is 0.469 e. The summed E-state index contributed by atoms with van der Waals surface area (Å²) >= 11 is 11.8. The van der Waals surface area contributed by atoms with Gasteiger partial charge in [-0.05, 0) is 24.6 Å². The lowest BCUT2D eigenvalue weighted by atomic mass is 10.1. The summed E-state index contributed by atoms with van der Waals surface area (Å²) in [6.45, 7) is 4.56. The van der Waals surface area contributed by atoms with Gasteiger partial charge < -0.3 is 9.64 Å². The van der Waals surface area contributed by atoms with E-state index >= 15 is 0 Å². The molecule has 0 bridgehead atoms. The van der Waals surface area contributed by atoms with E-state index in [0.717, 1.165) is 6.42 Å². The minimum atomic E-state index is -0.381. The van der Waals surface area contributed by atoms with Crippen LogP contribution in [0.4, 0.5) is 0 Å². The zero-order valence-corrected chi connectivity index (χ0v) is 13.9. The van der Waals surface area contributed by atoms with Crippen molar-refractivity contribution < 1.29 is 14.3 Å². The lowest BCUT2D eigenvalue weighted by Gasteiger charge is -2.24. The van der Waals surface area contributed by atoms with Crippen LogP contribution in [0.25, 0.3) is 0 Å². The predicted octanol–water partition coefficient (Wildman–Crippen LogP) is 3.65. The molecule has 0 heterocycles. The molecule has 1 aromatic rings. The van der Waals surface area contributed by atoms with Gasteiger partial charge in [0.2, 0.25) is 0 Å². The SMILES string of the molecule is CCCN(CC(C)C(=O)OC)C(=O)c1ccc(Cl)c(Cl)c1. The second kappa shape index (κ2) is 8.25. The van der Waals surface area contributed by atoms with Gasteiger partial charge in [0.1, 0.15) is 0 Å². The highest BCUT2D eigenvalue weighted by molar-refractivity contribution is 6.42. The molecule has 0 N–H and O–H groups in total. The van der Waals surface area contributed by atoms with Crippen molar-refractivity contribution in [3.8, 4) is 0 Å². The maximum atomic E-state index is 12.5. The van der Waals surface area contributed by atoms with E-state index in [-0.39, 0.29) is 17.8 Å². The number of carbonyl (C=O) groups excluding carboxylic acids is 2. The second-order valence-corrected chi connectivity index (χ2v) is 5.62. The number of carbonyl (C=O) groups is 2. The van der Waals surface area contributed by atoms with Crippen LogP contribution in [0.1, 0.15) is 30.6 Å². The van der Waals surface area contributed by atoms with Crippen LogP contribution >= 0.6 is 23.2 Å². The van der Waals surface area contributed by atoms with E-state index in [4.69, 9.17) is 27.9 Å². The molecular formula is C15H19Cl2NO3. The number of halogens is 2. The summed E-state index contributed by atoms with van der Waals surface area (Å²) in [6, 6.07) is 4.75. The number of esters is 1. The standard InChI is InChI=1S/C15H19Cl2NO3/c1-4-7-18(9-10(2)15(20)21-3)14(19)11-5-6-12(16)13(17)8-11/h5-6,8,10H,4,7,9H2,1-3H3. The molecule has 0 fully saturated rings. The Labute approximate surface area is 135 Å². The quantitative estimate of drug-likeness (QED) is 0.747. The van der Waals surface area contributed by atoms with Crippen molar-refractivity contribution in [2.45, 2.75) is 20.3 Å². The molecule has 0 aliphatic rings. The Morgan fingerprint density at radius 1 is 1.29 bits per heavy atom. The number of nitrogens with zero attached hydrogens (tertiary/aromatic N) is 1. The van der Waals surface area contributed by atoms with E-state index in [1.165, 1.54) is 13.2 Å². The summed E-state index contributed by atoms with van der Waals surface area (Å²) in [5.41, 5.74) is 0.454. The van der Waals surface area contributed by atoms with Crippen molar-refractivity contribution in [1.29, 1.82) is 0 Å². The first kappa shape index (κ1) is 17.8. The Morgan fingerprint density at radius 2 is 1.95 bits per heavy atom. The number of hydrogen-bond acceptors (Lipinski definition) is 3. The van der Waals surface area contributed by atoms with Crippen molar-refractivity contribution in [3.05, 3.63) is 33.8 Å². The minimum absolute atomic E-state index is 0.175. The second-order valence-electron chi connectivity index (χ2n) is 4.80. The Bertz CT molecular complexity index is 520. The Morgan fingerprint density at radius 3 is 2.48 bits per heavy atom. The van der Waals surface area contributed by atoms with Gasteiger partial charge in [-0.1, -0.05) is 37.0 Å². The van der Waals surface area contributed by atoms with Gasteiger partial charge in [0.25, 0.3) is 5.91 Å². The molecule has 1 amide bonds. The van der Waals surface area contributed by atoms with Crippen LogP contribution < -0.4 is 0 Å². The smallest absolute Gasteiger partial charge is 0.310 e. The number of amides is 1. The van der Waals surface area contributed by atoms with E-state index in [1.807, 2.05) is 6.92 Å². The number of methoxy groups -OCH3 is 1. The molecule has 4 nitrogen and oxygen atoms in total. The van der Waals surface area contributed by atoms with E-state index in [2.05, 4.69) is 0 Å². The average molecular weight is 332 g/mol. The number of rotatable bonds is 6. The molecule has 116 valence electrons. The van der Waals surface area contributed by atoms with Crippen LogP contribution in [0.3, 0.4) is 0 Å². The molecule has 0 saturated heterocycles. The first-order valence-electron chi connectivity index (χ1n) is 6.72. The van der Waals surface area contributed by atoms with Crippen LogP contribution in [-0.2, 0) is 9.53 Å². The number of ether oxygens (including phenoxy) is 1. The third-order valence-electron chi connectivity index (χ3n) is 3.05. The van der Waals surface area contributed by atoms with Gasteiger partial charge in [0, 0.05) is 18.7 Å². The van der Waals surface area contributed by atoms with Crippen LogP contribution in [0.15, 0.2) is 18.2 Å². The van der Waals surface area contributed by atoms with E-state index < -0.39 is 0 Å². The topological polar surface area (TPSA) is 46.6 Å². The van der Waals surface area contributed by atoms with Gasteiger partial charge in [-0.15, -0.1) is 0 Å². The Hall–Kier alpha value is -1.26. The van der Waals surface area contributed by atoms with Crippen molar-refractivity contribution in [2.24, 2.45) is 5.92 Å². The minimum Gasteiger partial charge on any atom is -0.469 e. The zero-order chi connectivity index (χ0) is 16.0. The molecule has 1 atom stereocenters. The van der Waals surface area contributed by atoms with Gasteiger partial charge in [-0.3, -0.25) is 9.59 Å². The van der Waals surface area contributed by atoms with Crippen molar-refractivity contribution in [3.63, 3.8) is 0 Å². The Kier molecular flexibility index (Phi) is 6.99. The van der Waals surface area contributed by atoms with Crippen LogP contribution in [0, 0.1) is 5.92 Å². The molecule has 1 unspecified atom stereocenters. The molecule has 0 saturated carbocycles. The van der Waals surface area contributed by atoms with E-state index in [9.17, 15) is 9.59 Å². The lowest BCUT2D eigenvalue weighted by Crippen LogP contribution is -2.37. The summed E-state index contributed by atoms with van der Waals surface area (Å²) in [7, 11) is 1.34. The normalized spacial score (nSPS) is 11.9. The molecule has 0 aromatic heterocycles. The highest BCUT2D eigenvalue weighted by atomic mass is 35.5. The first-order chi connectivity index (χ1) is 9.90. The van der Waals surface area contributed by atoms with Crippen molar-refractivity contribution in [1.82, 2.24) is 4.90 Å². The van der Waals surface area contributed by atoms with Gasteiger partial charge in [-0.25, -0.2) is 0 Å². The summed E-state index contributed by atoms with van der Waals surface area (Å²) in [4.78, 5) is 25.7. The molecule has 0 aliphatic carbocycles. The van der Waals surface area contributed by atoms with Crippen molar-refractivity contribution >= 4 is 35.1 Å². The molecule has 1 rings (SSSR count). The lowest BCUT2D eigenvalue weighted by molar-refractivity contribution is -0.145. The number of hydrogen-bond donors (Lipinski definition) is 0. The number of benzene rings is 1. The van der Waals surface area contributed by atoms with Crippen LogP contribution in [-0.4, -0.2) is 37.0 Å². The van der Waals surface area contributed by atoms with Crippen LogP contribution in [0.5, 0.6) is 0 Å². The molecular weight excluding hydrogens is 313 g/mol. The molecule has 1 aromatic carbocycles. The summed E-state index contributed by atoms with van der Waals surface area (Å²) in [5.74, 6) is -0.891. The van der Waals surface area contributed by atoms with E-state index in [1.54, 1.807) is 24.0 Å². The van der Waals surface area contributed by atoms with Gasteiger partial charge >= 0.3 is 5.97 Å². The monoisotopic (exact) mass is 331 g/mol. The summed E-state index contributed by atoms with van der Waals surface area (Å²) in [5, 5.41) is 0.734. The molecule has 0 spiro atoms. The fourth-order valence-corrected chi connectivity index (χ4v) is 2.26. The highest BCUT2D eigenvalue weighted by Crippen LogP contribution is 2.23. The van der Waals surface area contributed by atoms with Crippen molar-refractivity contribution in [2.75, 3.05) is 20.2 Å². The Balaban J connectivity index is 2.90. The summed E-state index contributed by atoms with van der Waals surface area (Å²) < 4.78 is 4.70. The van der Waals surface area contributed by atoms with Gasteiger partial charge in [0.05, 0.1) is 23.1 Å². The molecule has 0 aliphatic heterocycles. The molecule has 0 radical (unpaired) electrons. The predicted molar refractivity (Wildman–Crippen MR) is 83.8 cm³/mol. The molecule has 6 heteroatoms. The first-order valence-corrected chi connectivity index (χ1v) is 7.48. The fourth-order valence-electron chi connectivity index (χ4n) is 1.96.